The summed E-state index contributed by atoms with van der Waals surface area (Å²) in [5, 5.41) is 0. The third kappa shape index (κ3) is 4.07. The Bertz CT molecular complexity index is 479. The summed E-state index contributed by atoms with van der Waals surface area (Å²) in [5.74, 6) is -26.1. The second-order valence-electron chi connectivity index (χ2n) is 3.40. The number of nitrogens with one attached hydrogen (secondary N) is 1. The summed E-state index contributed by atoms with van der Waals surface area (Å²) in [4.78, 5) is 19.6. The van der Waals surface area contributed by atoms with Crippen LogP contribution in [-0.2, 0) is 9.59 Å². The van der Waals surface area contributed by atoms with Crippen molar-refractivity contribution in [2.75, 3.05) is 0 Å². The molecule has 0 aliphatic carbocycles. The van der Waals surface area contributed by atoms with Gasteiger partial charge in [-0.15, -0.1) is 0 Å². The molecule has 3 nitrogen and oxygen atoms in total. The molecule has 0 aliphatic rings. The fourth-order valence-electron chi connectivity index (χ4n) is 0.702. The maximum Gasteiger partial charge on any atom is 0.404 e. The third-order valence-corrected chi connectivity index (χ3v) is 2.18. The zero-order chi connectivity index (χ0) is 17.8. The Kier molecular flexibility index (Phi) is 3.64. The monoisotopic (exact) mass is 367 g/mol. The minimum atomic E-state index is -11.2. The van der Waals surface area contributed by atoms with Gasteiger partial charge in [-0.2, -0.15) is 30.7 Å². The highest BCUT2D eigenvalue weighted by Gasteiger charge is 2.80. The molecule has 1 amide bonds. The minimum Gasteiger partial charge on any atom is -0.267 e. The molecule has 1 N–H and O–H groups in total. The zero-order valence-corrected chi connectivity index (χ0v) is 9.58. The molecule has 0 rings (SSSR count). The predicted molar refractivity (Wildman–Crippen MR) is 42.2 cm³/mol. The Balaban J connectivity index is 5.81. The first kappa shape index (κ1) is 19.7. The summed E-state index contributed by atoms with van der Waals surface area (Å²) < 4.78 is 142. The Morgan fingerprint density at radius 2 is 1.10 bits per heavy atom. The molecule has 0 aromatic rings. The molecule has 0 aliphatic heterocycles. The molecule has 0 bridgehead atoms. The molecule has 0 heterocycles. The number of carbonyl (C=O) groups is 2. The van der Waals surface area contributed by atoms with Crippen molar-refractivity contribution in [3.8, 4) is 0 Å². The van der Waals surface area contributed by atoms with Gasteiger partial charge in [0.05, 0.1) is 0 Å². The van der Waals surface area contributed by atoms with Crippen molar-refractivity contribution in [1.82, 2.24) is 4.72 Å². The SMILES string of the molecule is O=C(F)C(F)(F)C(F)(F)C(F)(F)C(=O)NS(F)(F)(F)(F)F. The number of rotatable bonds is 5. The first-order chi connectivity index (χ1) is 8.55. The standard InChI is InChI=1S/C5HF12NO2S/c6-1(19)3(7,8)5(11,12)4(9,10)2(20)18-21(13,14,15,16)17/h(H,18,20). The second-order valence-corrected chi connectivity index (χ2v) is 5.54. The molecule has 0 saturated carbocycles. The number of carbonyl (C=O) groups excluding carboxylic acids is 2. The van der Waals surface area contributed by atoms with E-state index < -0.39 is 44.8 Å². The van der Waals surface area contributed by atoms with Crippen LogP contribution in [0.15, 0.2) is 0 Å². The van der Waals surface area contributed by atoms with Gasteiger partial charge in [-0.05, 0) is 0 Å². The number of alkyl halides is 6. The van der Waals surface area contributed by atoms with Crippen LogP contribution in [0.1, 0.15) is 0 Å². The summed E-state index contributed by atoms with van der Waals surface area (Å²) in [6.07, 6.45) is 0. The molecule has 0 radical (unpaired) electrons. The molecule has 0 unspecified atom stereocenters. The van der Waals surface area contributed by atoms with Crippen LogP contribution < -0.4 is 4.72 Å². The average molecular weight is 367 g/mol. The predicted octanol–water partition coefficient (Wildman–Crippen LogP) is 3.72. The largest absolute Gasteiger partial charge is 0.404 e. The van der Waals surface area contributed by atoms with Crippen LogP contribution >= 0.6 is 10.4 Å². The smallest absolute Gasteiger partial charge is 0.267 e. The summed E-state index contributed by atoms with van der Waals surface area (Å²) in [6, 6.07) is -4.42. The van der Waals surface area contributed by atoms with Gasteiger partial charge in [0, 0.05) is 0 Å². The number of amides is 1. The Labute approximate surface area is 106 Å². The highest BCUT2D eigenvalue weighted by atomic mass is 32.5. The van der Waals surface area contributed by atoms with Crippen LogP contribution in [0.4, 0.5) is 50.2 Å². The summed E-state index contributed by atoms with van der Waals surface area (Å²) >= 11 is 0. The molecular formula is C5HF12NO2S. The van der Waals surface area contributed by atoms with Gasteiger partial charge < -0.3 is 0 Å². The van der Waals surface area contributed by atoms with E-state index in [9.17, 15) is 59.8 Å². The Hall–Kier alpha value is -1.35. The van der Waals surface area contributed by atoms with E-state index in [1.165, 1.54) is 0 Å². The number of hydrogen-bond acceptors (Lipinski definition) is 2. The number of hydrogen-bond donors (Lipinski definition) is 1. The van der Waals surface area contributed by atoms with Gasteiger partial charge in [-0.1, -0.05) is 19.4 Å². The highest BCUT2D eigenvalue weighted by Crippen LogP contribution is 2.94. The second kappa shape index (κ2) is 3.89. The van der Waals surface area contributed by atoms with Crippen LogP contribution in [0, 0.1) is 0 Å². The van der Waals surface area contributed by atoms with Crippen LogP contribution in [-0.4, -0.2) is 29.7 Å². The topological polar surface area (TPSA) is 46.2 Å². The van der Waals surface area contributed by atoms with E-state index in [1.54, 1.807) is 0 Å². The van der Waals surface area contributed by atoms with Gasteiger partial charge in [0.25, 0.3) is 0 Å². The van der Waals surface area contributed by atoms with Crippen LogP contribution in [0.25, 0.3) is 0 Å². The van der Waals surface area contributed by atoms with Crippen molar-refractivity contribution in [2.24, 2.45) is 0 Å². The zero-order valence-electron chi connectivity index (χ0n) is 8.76. The van der Waals surface area contributed by atoms with Crippen LogP contribution in [0.2, 0.25) is 0 Å². The molecular weight excluding hydrogens is 366 g/mol. The molecule has 128 valence electrons. The average Bonchev–Trinajstić information content (AvgIpc) is 2.11. The van der Waals surface area contributed by atoms with E-state index in [0.717, 1.165) is 0 Å². The maximum atomic E-state index is 12.5. The molecule has 0 aromatic carbocycles. The van der Waals surface area contributed by atoms with Gasteiger partial charge in [0.2, 0.25) is 0 Å². The first-order valence-corrected chi connectivity index (χ1v) is 5.91. The fourth-order valence-corrected chi connectivity index (χ4v) is 1.18. The van der Waals surface area contributed by atoms with Crippen molar-refractivity contribution < 1.29 is 59.8 Å². The van der Waals surface area contributed by atoms with Gasteiger partial charge >= 0.3 is 40.1 Å². The summed E-state index contributed by atoms with van der Waals surface area (Å²) in [6.45, 7) is 0. The lowest BCUT2D eigenvalue weighted by atomic mass is 10.0. The van der Waals surface area contributed by atoms with E-state index in [2.05, 4.69) is 0 Å². The van der Waals surface area contributed by atoms with E-state index in [-0.39, 0.29) is 0 Å². The van der Waals surface area contributed by atoms with Gasteiger partial charge in [0.15, 0.2) is 0 Å². The molecule has 0 aromatic heterocycles. The van der Waals surface area contributed by atoms with E-state index in [1.807, 2.05) is 0 Å². The Morgan fingerprint density at radius 3 is 1.33 bits per heavy atom. The van der Waals surface area contributed by atoms with Gasteiger partial charge in [-0.3, -0.25) is 9.59 Å². The van der Waals surface area contributed by atoms with E-state index >= 15 is 0 Å². The Morgan fingerprint density at radius 1 is 0.762 bits per heavy atom. The van der Waals surface area contributed by atoms with Crippen molar-refractivity contribution in [2.45, 2.75) is 17.8 Å². The lowest BCUT2D eigenvalue weighted by molar-refractivity contribution is -0.289. The summed E-state index contributed by atoms with van der Waals surface area (Å²) in [7, 11) is -11.2. The molecule has 16 heteroatoms. The number of halogens is 12. The lowest BCUT2D eigenvalue weighted by Crippen LogP contribution is -2.63. The maximum absolute atomic E-state index is 12.5. The van der Waals surface area contributed by atoms with Crippen molar-refractivity contribution >= 4 is 22.4 Å². The minimum absolute atomic E-state index is 1.72. The van der Waals surface area contributed by atoms with Crippen molar-refractivity contribution in [3.63, 3.8) is 0 Å². The van der Waals surface area contributed by atoms with Crippen molar-refractivity contribution in [1.29, 1.82) is 0 Å². The highest BCUT2D eigenvalue weighted by molar-refractivity contribution is 8.44. The quantitative estimate of drug-likeness (QED) is 0.595. The van der Waals surface area contributed by atoms with Crippen LogP contribution in [0.5, 0.6) is 0 Å². The fraction of sp³-hybridized carbons (Fsp3) is 0.600. The van der Waals surface area contributed by atoms with Gasteiger partial charge in [-0.25, -0.2) is 4.72 Å². The molecule has 0 atom stereocenters. The summed E-state index contributed by atoms with van der Waals surface area (Å²) in [5.41, 5.74) is 0. The molecule has 0 saturated heterocycles. The lowest BCUT2D eigenvalue weighted by Gasteiger charge is -2.41. The molecule has 0 fully saturated rings. The third-order valence-electron chi connectivity index (χ3n) is 1.61. The van der Waals surface area contributed by atoms with Crippen LogP contribution in [0.3, 0.4) is 0 Å². The molecule has 21 heavy (non-hydrogen) atoms. The van der Waals surface area contributed by atoms with E-state index in [0.29, 0.717) is 0 Å². The van der Waals surface area contributed by atoms with Crippen molar-refractivity contribution in [3.05, 3.63) is 0 Å². The normalized spacial score (nSPS) is 17.7. The molecule has 0 spiro atoms. The van der Waals surface area contributed by atoms with E-state index in [4.69, 9.17) is 0 Å². The van der Waals surface area contributed by atoms with Gasteiger partial charge in [0.1, 0.15) is 0 Å². The first-order valence-electron chi connectivity index (χ1n) is 3.96.